The highest BCUT2D eigenvalue weighted by atomic mass is 16.3. The van der Waals surface area contributed by atoms with Crippen LogP contribution in [0.25, 0.3) is 0 Å². The monoisotopic (exact) mass is 202 g/mol. The standard InChI is InChI=1S/C13H14O2/c1-2-7-6-10-8-3-4-9(5-8)11(10)13(15)12(7)14/h3-4,6,8-9,14-15H,2,5H2,1H3. The first kappa shape index (κ1) is 8.84. The summed E-state index contributed by atoms with van der Waals surface area (Å²) in [5.41, 5.74) is 3.03. The van der Waals surface area contributed by atoms with Gasteiger partial charge in [-0.2, -0.15) is 0 Å². The average molecular weight is 202 g/mol. The summed E-state index contributed by atoms with van der Waals surface area (Å²) in [5, 5.41) is 19.8. The lowest BCUT2D eigenvalue weighted by Crippen LogP contribution is -1.96. The lowest BCUT2D eigenvalue weighted by Gasteiger charge is -2.15. The van der Waals surface area contributed by atoms with Crippen molar-refractivity contribution >= 4 is 0 Å². The zero-order chi connectivity index (χ0) is 10.6. The van der Waals surface area contributed by atoms with Gasteiger partial charge >= 0.3 is 0 Å². The number of fused-ring (bicyclic) bond motifs is 5. The van der Waals surface area contributed by atoms with Crippen LogP contribution < -0.4 is 0 Å². The van der Waals surface area contributed by atoms with Gasteiger partial charge in [0.25, 0.3) is 0 Å². The number of benzene rings is 1. The first-order valence-corrected chi connectivity index (χ1v) is 5.48. The van der Waals surface area contributed by atoms with E-state index in [4.69, 9.17) is 0 Å². The number of hydrogen-bond donors (Lipinski definition) is 2. The van der Waals surface area contributed by atoms with Crippen molar-refractivity contribution in [3.8, 4) is 11.5 Å². The van der Waals surface area contributed by atoms with E-state index >= 15 is 0 Å². The van der Waals surface area contributed by atoms with Gasteiger partial charge in [-0.1, -0.05) is 25.1 Å². The highest BCUT2D eigenvalue weighted by molar-refractivity contribution is 5.62. The minimum atomic E-state index is 0.0807. The quantitative estimate of drug-likeness (QED) is 0.543. The van der Waals surface area contributed by atoms with Crippen LogP contribution in [0.4, 0.5) is 0 Å². The molecule has 2 unspecified atom stereocenters. The maximum Gasteiger partial charge on any atom is 0.161 e. The summed E-state index contributed by atoms with van der Waals surface area (Å²) in [6.45, 7) is 1.99. The summed E-state index contributed by atoms with van der Waals surface area (Å²) in [4.78, 5) is 0. The third-order valence-electron chi connectivity index (χ3n) is 3.66. The van der Waals surface area contributed by atoms with Crippen LogP contribution in [0, 0.1) is 0 Å². The van der Waals surface area contributed by atoms with Gasteiger partial charge in [0.1, 0.15) is 0 Å². The first-order chi connectivity index (χ1) is 7.22. The molecular formula is C13H14O2. The highest BCUT2D eigenvalue weighted by Crippen LogP contribution is 2.54. The maximum atomic E-state index is 9.97. The van der Waals surface area contributed by atoms with E-state index in [0.29, 0.717) is 11.8 Å². The van der Waals surface area contributed by atoms with Crippen LogP contribution in [0.5, 0.6) is 11.5 Å². The Morgan fingerprint density at radius 2 is 1.93 bits per heavy atom. The van der Waals surface area contributed by atoms with Crippen LogP contribution in [0.2, 0.25) is 0 Å². The Bertz CT molecular complexity index is 460. The largest absolute Gasteiger partial charge is 0.504 e. The number of allylic oxidation sites excluding steroid dienone is 2. The average Bonchev–Trinajstić information content (AvgIpc) is 2.83. The van der Waals surface area contributed by atoms with Gasteiger partial charge in [-0.05, 0) is 24.0 Å². The number of aromatic hydroxyl groups is 2. The molecule has 0 amide bonds. The smallest absolute Gasteiger partial charge is 0.161 e. The van der Waals surface area contributed by atoms with Crippen molar-refractivity contribution in [3.05, 3.63) is 34.9 Å². The van der Waals surface area contributed by atoms with Gasteiger partial charge in [0.15, 0.2) is 11.5 Å². The number of hydrogen-bond acceptors (Lipinski definition) is 2. The minimum Gasteiger partial charge on any atom is -0.504 e. The molecule has 2 heteroatoms. The van der Waals surface area contributed by atoms with Crippen molar-refractivity contribution in [1.29, 1.82) is 0 Å². The van der Waals surface area contributed by atoms with Crippen LogP contribution >= 0.6 is 0 Å². The Kier molecular flexibility index (Phi) is 1.64. The third-order valence-corrected chi connectivity index (χ3v) is 3.66. The Balaban J connectivity index is 2.26. The van der Waals surface area contributed by atoms with E-state index in [9.17, 15) is 10.2 Å². The van der Waals surface area contributed by atoms with Crippen molar-refractivity contribution in [2.75, 3.05) is 0 Å². The van der Waals surface area contributed by atoms with E-state index in [-0.39, 0.29) is 11.5 Å². The van der Waals surface area contributed by atoms with E-state index in [1.165, 1.54) is 5.56 Å². The van der Waals surface area contributed by atoms with E-state index in [1.54, 1.807) is 0 Å². The molecule has 2 atom stereocenters. The van der Waals surface area contributed by atoms with Crippen LogP contribution in [0.15, 0.2) is 18.2 Å². The summed E-state index contributed by atoms with van der Waals surface area (Å²) in [6.07, 6.45) is 6.17. The molecule has 0 spiro atoms. The van der Waals surface area contributed by atoms with Crippen LogP contribution in [0.1, 0.15) is 41.9 Å². The molecule has 1 aromatic rings. The predicted molar refractivity (Wildman–Crippen MR) is 58.4 cm³/mol. The number of aryl methyl sites for hydroxylation is 1. The summed E-state index contributed by atoms with van der Waals surface area (Å²) < 4.78 is 0. The van der Waals surface area contributed by atoms with Crippen molar-refractivity contribution in [2.45, 2.75) is 31.6 Å². The molecule has 15 heavy (non-hydrogen) atoms. The minimum absolute atomic E-state index is 0.0807. The van der Waals surface area contributed by atoms with Crippen LogP contribution in [-0.2, 0) is 6.42 Å². The van der Waals surface area contributed by atoms with Gasteiger partial charge < -0.3 is 10.2 Å². The second kappa shape index (κ2) is 2.78. The van der Waals surface area contributed by atoms with E-state index in [1.807, 2.05) is 6.92 Å². The molecule has 3 rings (SSSR count). The molecule has 1 aromatic carbocycles. The molecule has 78 valence electrons. The molecule has 0 aromatic heterocycles. The van der Waals surface area contributed by atoms with Gasteiger partial charge in [0.05, 0.1) is 0 Å². The van der Waals surface area contributed by atoms with Crippen LogP contribution in [0.3, 0.4) is 0 Å². The number of rotatable bonds is 1. The zero-order valence-electron chi connectivity index (χ0n) is 8.70. The second-order valence-electron chi connectivity index (χ2n) is 4.42. The number of phenols is 2. The molecule has 0 heterocycles. The molecule has 0 saturated carbocycles. The van der Waals surface area contributed by atoms with Crippen molar-refractivity contribution in [3.63, 3.8) is 0 Å². The van der Waals surface area contributed by atoms with E-state index in [2.05, 4.69) is 18.2 Å². The molecule has 2 bridgehead atoms. The summed E-state index contributed by atoms with van der Waals surface area (Å²) in [7, 11) is 0. The first-order valence-electron chi connectivity index (χ1n) is 5.48. The normalized spacial score (nSPS) is 25.9. The fourth-order valence-electron chi connectivity index (χ4n) is 2.86. The second-order valence-corrected chi connectivity index (χ2v) is 4.42. The molecule has 0 aliphatic heterocycles. The molecule has 0 radical (unpaired) electrons. The van der Waals surface area contributed by atoms with Gasteiger partial charge in [-0.3, -0.25) is 0 Å². The lowest BCUT2D eigenvalue weighted by atomic mass is 9.92. The SMILES string of the molecule is CCc1cc2c(c(O)c1O)C1C=CC2C1. The van der Waals surface area contributed by atoms with Crippen molar-refractivity contribution in [1.82, 2.24) is 0 Å². The molecule has 2 nitrogen and oxygen atoms in total. The molecule has 2 N–H and O–H groups in total. The van der Waals surface area contributed by atoms with E-state index in [0.717, 1.165) is 24.0 Å². The molecule has 0 saturated heterocycles. The Labute approximate surface area is 88.9 Å². The Morgan fingerprint density at radius 1 is 1.20 bits per heavy atom. The molecule has 0 fully saturated rings. The maximum absolute atomic E-state index is 9.97. The fourth-order valence-corrected chi connectivity index (χ4v) is 2.86. The van der Waals surface area contributed by atoms with E-state index < -0.39 is 0 Å². The van der Waals surface area contributed by atoms with Crippen molar-refractivity contribution in [2.24, 2.45) is 0 Å². The number of phenolic OH excluding ortho intramolecular Hbond substituents is 2. The van der Waals surface area contributed by atoms with Gasteiger partial charge in [-0.25, -0.2) is 0 Å². The molecular weight excluding hydrogens is 188 g/mol. The topological polar surface area (TPSA) is 40.5 Å². The highest BCUT2D eigenvalue weighted by Gasteiger charge is 2.36. The third kappa shape index (κ3) is 0.993. The van der Waals surface area contributed by atoms with Crippen molar-refractivity contribution < 1.29 is 10.2 Å². The van der Waals surface area contributed by atoms with Crippen LogP contribution in [-0.4, -0.2) is 10.2 Å². The summed E-state index contributed by atoms with van der Waals surface area (Å²) >= 11 is 0. The Morgan fingerprint density at radius 3 is 2.67 bits per heavy atom. The predicted octanol–water partition coefficient (Wildman–Crippen LogP) is 2.80. The van der Waals surface area contributed by atoms with Gasteiger partial charge in [-0.15, -0.1) is 0 Å². The summed E-state index contributed by atoms with van der Waals surface area (Å²) in [6, 6.07) is 2.05. The molecule has 2 aliphatic rings. The Hall–Kier alpha value is -1.44. The van der Waals surface area contributed by atoms with Gasteiger partial charge in [0, 0.05) is 17.4 Å². The zero-order valence-corrected chi connectivity index (χ0v) is 8.70. The molecule has 2 aliphatic carbocycles. The lowest BCUT2D eigenvalue weighted by molar-refractivity contribution is 0.395. The fraction of sp³-hybridized carbons (Fsp3) is 0.385. The summed E-state index contributed by atoms with van der Waals surface area (Å²) in [5.74, 6) is 0.974. The van der Waals surface area contributed by atoms with Gasteiger partial charge in [0.2, 0.25) is 0 Å².